The summed E-state index contributed by atoms with van der Waals surface area (Å²) in [7, 11) is 0. The van der Waals surface area contributed by atoms with Gasteiger partial charge in [-0.1, -0.05) is 48.5 Å². The van der Waals surface area contributed by atoms with E-state index in [1.807, 2.05) is 0 Å². The quantitative estimate of drug-likeness (QED) is 0.206. The van der Waals surface area contributed by atoms with E-state index in [1.54, 1.807) is 48.5 Å². The third-order valence-electron chi connectivity index (χ3n) is 5.59. The Hall–Kier alpha value is -4.58. The van der Waals surface area contributed by atoms with Gasteiger partial charge in [0.2, 0.25) is 0 Å². The van der Waals surface area contributed by atoms with Gasteiger partial charge in [-0.3, -0.25) is 0 Å². The second kappa shape index (κ2) is 6.99. The molecule has 5 aromatic rings. The van der Waals surface area contributed by atoms with E-state index in [4.69, 9.17) is 0 Å². The summed E-state index contributed by atoms with van der Waals surface area (Å²) >= 11 is 0. The van der Waals surface area contributed by atoms with E-state index < -0.39 is 0 Å². The molecule has 0 saturated heterocycles. The first kappa shape index (κ1) is 19.4. The number of rotatable bonds is 2. The normalized spacial score (nSPS) is 11.2. The van der Waals surface area contributed by atoms with Gasteiger partial charge in [0.1, 0.15) is 34.5 Å². The van der Waals surface area contributed by atoms with Gasteiger partial charge in [-0.25, -0.2) is 0 Å². The lowest BCUT2D eigenvalue weighted by Gasteiger charge is -2.20. The predicted molar refractivity (Wildman–Crippen MR) is 122 cm³/mol. The van der Waals surface area contributed by atoms with E-state index in [0.29, 0.717) is 32.7 Å². The summed E-state index contributed by atoms with van der Waals surface area (Å²) in [6.07, 6.45) is 0. The van der Waals surface area contributed by atoms with E-state index in [0.717, 1.165) is 24.3 Å². The van der Waals surface area contributed by atoms with Gasteiger partial charge in [0.05, 0.1) is 11.1 Å². The van der Waals surface area contributed by atoms with Gasteiger partial charge in [-0.15, -0.1) is 0 Å². The summed E-state index contributed by atoms with van der Waals surface area (Å²) in [6.45, 7) is 0. The molecule has 5 rings (SSSR count). The first-order valence-corrected chi connectivity index (χ1v) is 9.81. The van der Waals surface area contributed by atoms with Gasteiger partial charge in [-0.2, -0.15) is 0 Å². The van der Waals surface area contributed by atoms with Crippen LogP contribution in [0.4, 0.5) is 0 Å². The zero-order valence-electron chi connectivity index (χ0n) is 16.6. The van der Waals surface area contributed by atoms with Crippen LogP contribution in [0.1, 0.15) is 0 Å². The molecule has 32 heavy (non-hydrogen) atoms. The number of hydrogen-bond acceptors (Lipinski definition) is 6. The zero-order chi connectivity index (χ0) is 22.6. The average molecular weight is 426 g/mol. The minimum atomic E-state index is -0.291. The molecule has 6 N–H and O–H groups in total. The summed E-state index contributed by atoms with van der Waals surface area (Å²) in [5, 5.41) is 64.6. The van der Waals surface area contributed by atoms with Crippen molar-refractivity contribution in [2.45, 2.75) is 0 Å². The van der Waals surface area contributed by atoms with Crippen LogP contribution < -0.4 is 0 Å². The van der Waals surface area contributed by atoms with Crippen LogP contribution in [-0.4, -0.2) is 30.6 Å². The molecule has 6 heteroatoms. The van der Waals surface area contributed by atoms with Crippen molar-refractivity contribution in [2.75, 3.05) is 0 Å². The lowest BCUT2D eigenvalue weighted by molar-refractivity contribution is 0.429. The Balaban J connectivity index is 2.04. The van der Waals surface area contributed by atoms with Crippen molar-refractivity contribution in [3.63, 3.8) is 0 Å². The minimum Gasteiger partial charge on any atom is -0.508 e. The molecule has 0 saturated carbocycles. The Morgan fingerprint density at radius 1 is 0.344 bits per heavy atom. The number of phenolic OH excluding ortho intramolecular Hbond substituents is 6. The van der Waals surface area contributed by atoms with Crippen molar-refractivity contribution in [2.24, 2.45) is 0 Å². The maximum atomic E-state index is 10.6. The molecule has 6 nitrogen and oxygen atoms in total. The van der Waals surface area contributed by atoms with Crippen LogP contribution in [0.5, 0.6) is 34.5 Å². The van der Waals surface area contributed by atoms with Crippen LogP contribution in [-0.2, 0) is 0 Å². The molecule has 158 valence electrons. The smallest absolute Gasteiger partial charge is 0.130 e. The first-order chi connectivity index (χ1) is 15.4. The Morgan fingerprint density at radius 3 is 0.844 bits per heavy atom. The van der Waals surface area contributed by atoms with Gasteiger partial charge >= 0.3 is 0 Å². The van der Waals surface area contributed by atoms with Crippen molar-refractivity contribution >= 4 is 21.5 Å². The topological polar surface area (TPSA) is 121 Å². The third-order valence-corrected chi connectivity index (χ3v) is 5.59. The van der Waals surface area contributed by atoms with Crippen LogP contribution in [0, 0.1) is 0 Å². The van der Waals surface area contributed by atoms with Crippen LogP contribution >= 0.6 is 0 Å². The molecule has 0 bridgehead atoms. The van der Waals surface area contributed by atoms with E-state index in [-0.39, 0.29) is 45.6 Å². The Morgan fingerprint density at radius 2 is 0.594 bits per heavy atom. The number of fused-ring (bicyclic) bond motifs is 2. The van der Waals surface area contributed by atoms with E-state index in [2.05, 4.69) is 0 Å². The van der Waals surface area contributed by atoms with Crippen molar-refractivity contribution in [3.8, 4) is 56.8 Å². The Labute approximate surface area is 182 Å². The second-order valence-corrected chi connectivity index (χ2v) is 7.56. The first-order valence-electron chi connectivity index (χ1n) is 9.81. The third kappa shape index (κ3) is 2.81. The monoisotopic (exact) mass is 426 g/mol. The number of hydrogen-bond donors (Lipinski definition) is 6. The van der Waals surface area contributed by atoms with Crippen LogP contribution in [0.25, 0.3) is 43.8 Å². The fourth-order valence-electron chi connectivity index (χ4n) is 4.37. The fraction of sp³-hybridized carbons (Fsp3) is 0. The molecule has 0 amide bonds. The summed E-state index contributed by atoms with van der Waals surface area (Å²) in [6, 6.07) is 19.1. The molecule has 0 spiro atoms. The molecule has 0 heterocycles. The van der Waals surface area contributed by atoms with E-state index in [9.17, 15) is 30.6 Å². The second-order valence-electron chi connectivity index (χ2n) is 7.56. The van der Waals surface area contributed by atoms with Gasteiger partial charge in [-0.05, 0) is 21.5 Å². The van der Waals surface area contributed by atoms with Crippen molar-refractivity contribution in [1.29, 1.82) is 0 Å². The Bertz CT molecular complexity index is 1320. The summed E-state index contributed by atoms with van der Waals surface area (Å²) < 4.78 is 0. The average Bonchev–Trinajstić information content (AvgIpc) is 2.73. The SMILES string of the molecule is Oc1cc(O)c(-c2c3ccccc3c(-c3c(O)cc(O)cc3O)c3ccccc23)c(O)c1. The minimum absolute atomic E-state index is 0.154. The van der Waals surface area contributed by atoms with Gasteiger partial charge in [0.25, 0.3) is 0 Å². The van der Waals surface area contributed by atoms with Crippen molar-refractivity contribution < 1.29 is 30.6 Å². The van der Waals surface area contributed by atoms with Crippen LogP contribution in [0.3, 0.4) is 0 Å². The lowest BCUT2D eigenvalue weighted by Crippen LogP contribution is -1.92. The summed E-state index contributed by atoms with van der Waals surface area (Å²) in [4.78, 5) is 0. The highest BCUT2D eigenvalue weighted by atomic mass is 16.3. The van der Waals surface area contributed by atoms with E-state index in [1.165, 1.54) is 0 Å². The lowest BCUT2D eigenvalue weighted by atomic mass is 9.85. The number of benzene rings is 5. The molecular weight excluding hydrogens is 408 g/mol. The van der Waals surface area contributed by atoms with Gasteiger partial charge in [0, 0.05) is 35.4 Å². The highest BCUT2D eigenvalue weighted by Gasteiger charge is 2.24. The summed E-state index contributed by atoms with van der Waals surface area (Å²) in [5.74, 6) is -1.70. The highest BCUT2D eigenvalue weighted by Crippen LogP contribution is 2.52. The molecule has 0 aromatic heterocycles. The van der Waals surface area contributed by atoms with Crippen molar-refractivity contribution in [1.82, 2.24) is 0 Å². The molecular formula is C26H18O6. The molecule has 0 aliphatic rings. The molecule has 0 atom stereocenters. The number of phenols is 6. The molecule has 0 aliphatic heterocycles. The largest absolute Gasteiger partial charge is 0.508 e. The fourth-order valence-corrected chi connectivity index (χ4v) is 4.37. The number of aromatic hydroxyl groups is 6. The molecule has 0 fully saturated rings. The van der Waals surface area contributed by atoms with Crippen molar-refractivity contribution in [3.05, 3.63) is 72.8 Å². The van der Waals surface area contributed by atoms with Gasteiger partial charge < -0.3 is 30.6 Å². The summed E-state index contributed by atoms with van der Waals surface area (Å²) in [5.41, 5.74) is 1.38. The van der Waals surface area contributed by atoms with E-state index >= 15 is 0 Å². The highest BCUT2D eigenvalue weighted by molar-refractivity contribution is 6.23. The standard InChI is InChI=1S/C26H18O6/c27-13-9-19(29)25(20(30)10-13)23-15-5-1-2-6-16(15)24(18-8-4-3-7-17(18)23)26-21(31)11-14(28)12-22(26)32/h1-12,27-32H. The predicted octanol–water partition coefficient (Wildman–Crippen LogP) is 5.56. The maximum absolute atomic E-state index is 10.6. The maximum Gasteiger partial charge on any atom is 0.130 e. The molecule has 0 aliphatic carbocycles. The Kier molecular flexibility index (Phi) is 4.23. The van der Waals surface area contributed by atoms with Crippen LogP contribution in [0.15, 0.2) is 72.8 Å². The zero-order valence-corrected chi connectivity index (χ0v) is 16.6. The van der Waals surface area contributed by atoms with Crippen LogP contribution in [0.2, 0.25) is 0 Å². The van der Waals surface area contributed by atoms with Gasteiger partial charge in [0.15, 0.2) is 0 Å². The molecule has 0 radical (unpaired) electrons. The molecule has 0 unspecified atom stereocenters. The molecule has 5 aromatic carbocycles.